The molecule has 1 fully saturated rings. The summed E-state index contributed by atoms with van der Waals surface area (Å²) in [4.78, 5) is 13.4. The topological polar surface area (TPSA) is 67.6 Å². The van der Waals surface area contributed by atoms with Gasteiger partial charge in [0.2, 0.25) is 0 Å². The fraction of sp³-hybridized carbons (Fsp3) is 0.647. The molecule has 0 amide bonds. The van der Waals surface area contributed by atoms with Gasteiger partial charge in [-0.15, -0.1) is 0 Å². The molecule has 0 unspecified atom stereocenters. The third kappa shape index (κ3) is 4.65. The van der Waals surface area contributed by atoms with Crippen molar-refractivity contribution >= 4 is 5.69 Å². The van der Waals surface area contributed by atoms with Gasteiger partial charge >= 0.3 is 5.69 Å². The summed E-state index contributed by atoms with van der Waals surface area (Å²) in [7, 11) is 1.47. The Balaban J connectivity index is 2.25. The van der Waals surface area contributed by atoms with Crippen molar-refractivity contribution in [1.29, 1.82) is 0 Å². The van der Waals surface area contributed by atoms with Gasteiger partial charge in [0.1, 0.15) is 0 Å². The Morgan fingerprint density at radius 3 is 2.70 bits per heavy atom. The zero-order chi connectivity index (χ0) is 16.7. The maximum absolute atomic E-state index is 11.3. The van der Waals surface area contributed by atoms with Crippen LogP contribution in [0.3, 0.4) is 0 Å². The summed E-state index contributed by atoms with van der Waals surface area (Å²) >= 11 is 0. The Hall–Kier alpha value is -1.66. The van der Waals surface area contributed by atoms with Crippen molar-refractivity contribution in [2.45, 2.75) is 38.6 Å². The van der Waals surface area contributed by atoms with E-state index in [9.17, 15) is 10.1 Å². The summed E-state index contributed by atoms with van der Waals surface area (Å²) < 4.78 is 5.12. The van der Waals surface area contributed by atoms with E-state index in [0.29, 0.717) is 5.75 Å². The SMILES string of the molecule is CCCCC[C@H](c1ccc(OC)c([N+](=O)[O-])c1)N1CCNCC1. The van der Waals surface area contributed by atoms with E-state index < -0.39 is 0 Å². The van der Waals surface area contributed by atoms with Crippen molar-refractivity contribution in [3.63, 3.8) is 0 Å². The maximum Gasteiger partial charge on any atom is 0.311 e. The summed E-state index contributed by atoms with van der Waals surface area (Å²) in [5.41, 5.74) is 1.08. The number of hydrogen-bond donors (Lipinski definition) is 1. The molecule has 0 saturated carbocycles. The largest absolute Gasteiger partial charge is 0.490 e. The van der Waals surface area contributed by atoms with Crippen molar-refractivity contribution in [3.05, 3.63) is 33.9 Å². The van der Waals surface area contributed by atoms with E-state index in [2.05, 4.69) is 17.1 Å². The van der Waals surface area contributed by atoms with Gasteiger partial charge in [-0.1, -0.05) is 32.3 Å². The molecule has 1 aromatic carbocycles. The first-order chi connectivity index (χ1) is 11.2. The average Bonchev–Trinajstić information content (AvgIpc) is 2.59. The standard InChI is InChI=1S/C17H27N3O3/c1-3-4-5-6-15(19-11-9-18-10-12-19)14-7-8-17(23-2)16(13-14)20(21)22/h7-8,13,15,18H,3-6,9-12H2,1-2H3/t15-/m1/s1. The molecule has 128 valence electrons. The van der Waals surface area contributed by atoms with Crippen LogP contribution in [0, 0.1) is 10.1 Å². The van der Waals surface area contributed by atoms with Crippen LogP contribution in [0.2, 0.25) is 0 Å². The highest BCUT2D eigenvalue weighted by Crippen LogP contribution is 2.34. The molecule has 6 heteroatoms. The Labute approximate surface area is 138 Å². The van der Waals surface area contributed by atoms with Gasteiger partial charge in [0.05, 0.1) is 12.0 Å². The summed E-state index contributed by atoms with van der Waals surface area (Å²) in [5.74, 6) is 0.325. The molecule has 1 N–H and O–H groups in total. The van der Waals surface area contributed by atoms with E-state index in [1.165, 1.54) is 20.0 Å². The average molecular weight is 321 g/mol. The van der Waals surface area contributed by atoms with Crippen LogP contribution >= 0.6 is 0 Å². The smallest absolute Gasteiger partial charge is 0.311 e. The third-order valence-corrected chi connectivity index (χ3v) is 4.46. The predicted octanol–water partition coefficient (Wildman–Crippen LogP) is 3.13. The van der Waals surface area contributed by atoms with Gasteiger partial charge in [-0.05, 0) is 18.1 Å². The maximum atomic E-state index is 11.3. The highest BCUT2D eigenvalue weighted by atomic mass is 16.6. The summed E-state index contributed by atoms with van der Waals surface area (Å²) in [5, 5.41) is 14.7. The second-order valence-electron chi connectivity index (χ2n) is 5.99. The highest BCUT2D eigenvalue weighted by molar-refractivity contribution is 5.49. The second-order valence-corrected chi connectivity index (χ2v) is 5.99. The molecule has 1 aliphatic rings. The third-order valence-electron chi connectivity index (χ3n) is 4.46. The van der Waals surface area contributed by atoms with Gasteiger partial charge in [-0.2, -0.15) is 0 Å². The van der Waals surface area contributed by atoms with E-state index in [-0.39, 0.29) is 16.7 Å². The number of nitrogens with one attached hydrogen (secondary N) is 1. The second kappa shape index (κ2) is 8.84. The monoisotopic (exact) mass is 321 g/mol. The molecule has 1 aromatic rings. The minimum atomic E-state index is -0.358. The van der Waals surface area contributed by atoms with Crippen LogP contribution < -0.4 is 10.1 Å². The fourth-order valence-electron chi connectivity index (χ4n) is 3.20. The van der Waals surface area contributed by atoms with E-state index in [1.54, 1.807) is 12.1 Å². The minimum Gasteiger partial charge on any atom is -0.490 e. The van der Waals surface area contributed by atoms with Crippen molar-refractivity contribution in [2.24, 2.45) is 0 Å². The van der Waals surface area contributed by atoms with Crippen LogP contribution in [0.5, 0.6) is 5.75 Å². The van der Waals surface area contributed by atoms with Crippen LogP contribution in [-0.2, 0) is 0 Å². The molecule has 1 aliphatic heterocycles. The van der Waals surface area contributed by atoms with Gasteiger partial charge in [-0.3, -0.25) is 15.0 Å². The normalized spacial score (nSPS) is 17.0. The van der Waals surface area contributed by atoms with Crippen molar-refractivity contribution < 1.29 is 9.66 Å². The number of nitro benzene ring substituents is 1. The Morgan fingerprint density at radius 2 is 2.09 bits per heavy atom. The van der Waals surface area contributed by atoms with Crippen LogP contribution in [0.4, 0.5) is 5.69 Å². The number of nitrogens with zero attached hydrogens (tertiary/aromatic N) is 2. The summed E-state index contributed by atoms with van der Waals surface area (Å²) in [6.07, 6.45) is 4.56. The lowest BCUT2D eigenvalue weighted by molar-refractivity contribution is -0.385. The van der Waals surface area contributed by atoms with Gasteiger partial charge < -0.3 is 10.1 Å². The number of nitro groups is 1. The lowest BCUT2D eigenvalue weighted by Gasteiger charge is -2.35. The van der Waals surface area contributed by atoms with Crippen molar-refractivity contribution in [2.75, 3.05) is 33.3 Å². The molecule has 6 nitrogen and oxygen atoms in total. The Morgan fingerprint density at radius 1 is 1.35 bits per heavy atom. The molecule has 0 aromatic heterocycles. The first-order valence-electron chi connectivity index (χ1n) is 8.44. The quantitative estimate of drug-likeness (QED) is 0.452. The molecule has 1 saturated heterocycles. The van der Waals surface area contributed by atoms with Gasteiger partial charge in [0.25, 0.3) is 0 Å². The van der Waals surface area contributed by atoms with Gasteiger partial charge in [0.15, 0.2) is 5.75 Å². The zero-order valence-electron chi connectivity index (χ0n) is 14.1. The highest BCUT2D eigenvalue weighted by Gasteiger charge is 2.25. The van der Waals surface area contributed by atoms with Crippen LogP contribution in [-0.4, -0.2) is 43.1 Å². The lowest BCUT2D eigenvalue weighted by atomic mass is 9.97. The van der Waals surface area contributed by atoms with E-state index in [0.717, 1.165) is 44.6 Å². The van der Waals surface area contributed by atoms with E-state index in [4.69, 9.17) is 4.74 Å². The number of rotatable bonds is 8. The molecule has 23 heavy (non-hydrogen) atoms. The molecule has 1 heterocycles. The first kappa shape index (κ1) is 17.7. The lowest BCUT2D eigenvalue weighted by Crippen LogP contribution is -2.45. The first-order valence-corrected chi connectivity index (χ1v) is 8.44. The van der Waals surface area contributed by atoms with Gasteiger partial charge in [-0.25, -0.2) is 0 Å². The molecule has 0 radical (unpaired) electrons. The van der Waals surface area contributed by atoms with Crippen molar-refractivity contribution in [1.82, 2.24) is 10.2 Å². The van der Waals surface area contributed by atoms with E-state index in [1.807, 2.05) is 6.07 Å². The molecule has 1 atom stereocenters. The summed E-state index contributed by atoms with van der Waals surface area (Å²) in [6.45, 7) is 6.11. The molecule has 2 rings (SSSR count). The van der Waals surface area contributed by atoms with Crippen LogP contribution in [0.1, 0.15) is 44.2 Å². The molecule has 0 aliphatic carbocycles. The zero-order valence-corrected chi connectivity index (χ0v) is 14.1. The molecule has 0 bridgehead atoms. The molecular formula is C17H27N3O3. The molecular weight excluding hydrogens is 294 g/mol. The Bertz CT molecular complexity index is 516. The van der Waals surface area contributed by atoms with E-state index >= 15 is 0 Å². The Kier molecular flexibility index (Phi) is 6.80. The van der Waals surface area contributed by atoms with Gasteiger partial charge in [0, 0.05) is 38.3 Å². The number of ether oxygens (including phenoxy) is 1. The number of unbranched alkanes of at least 4 members (excludes halogenated alkanes) is 2. The predicted molar refractivity (Wildman–Crippen MR) is 91.0 cm³/mol. The number of piperazine rings is 1. The molecule has 0 spiro atoms. The van der Waals surface area contributed by atoms with Crippen LogP contribution in [0.15, 0.2) is 18.2 Å². The van der Waals surface area contributed by atoms with Crippen molar-refractivity contribution in [3.8, 4) is 5.75 Å². The number of hydrogen-bond acceptors (Lipinski definition) is 5. The fourth-order valence-corrected chi connectivity index (χ4v) is 3.20. The number of benzene rings is 1. The number of methoxy groups -OCH3 is 1. The minimum absolute atomic E-state index is 0.0561. The summed E-state index contributed by atoms with van der Waals surface area (Å²) in [6, 6.07) is 5.64. The van der Waals surface area contributed by atoms with Crippen LogP contribution in [0.25, 0.3) is 0 Å².